The van der Waals surface area contributed by atoms with Gasteiger partial charge in [-0.1, -0.05) is 26.8 Å². The molecule has 0 N–H and O–H groups in total. The standard InChI is InChI=1S/C22H33FO4/c1-13(2)19(12-20(24)27-22(6,7)8)21(25)26-16(5)15(4)18-10-9-17(23)11-14(18)3/h9-11,13,15-16,19H,12H2,1-8H3/t15-,16-,19-/m0/s1. The highest BCUT2D eigenvalue weighted by Crippen LogP contribution is 2.27. The van der Waals surface area contributed by atoms with E-state index < -0.39 is 29.6 Å². The average molecular weight is 381 g/mol. The van der Waals surface area contributed by atoms with Crippen molar-refractivity contribution in [1.82, 2.24) is 0 Å². The highest BCUT2D eigenvalue weighted by molar-refractivity contribution is 5.80. The van der Waals surface area contributed by atoms with Gasteiger partial charge in [-0.2, -0.15) is 0 Å². The minimum absolute atomic E-state index is 0.00948. The van der Waals surface area contributed by atoms with Gasteiger partial charge in [-0.3, -0.25) is 9.59 Å². The molecule has 0 radical (unpaired) electrons. The molecule has 1 aromatic carbocycles. The molecule has 0 aliphatic rings. The van der Waals surface area contributed by atoms with Crippen LogP contribution in [0.4, 0.5) is 4.39 Å². The van der Waals surface area contributed by atoms with Crippen LogP contribution < -0.4 is 0 Å². The smallest absolute Gasteiger partial charge is 0.310 e. The molecule has 0 spiro atoms. The Morgan fingerprint density at radius 3 is 2.19 bits per heavy atom. The van der Waals surface area contributed by atoms with Gasteiger partial charge >= 0.3 is 11.9 Å². The van der Waals surface area contributed by atoms with Crippen molar-refractivity contribution in [3.05, 3.63) is 35.1 Å². The van der Waals surface area contributed by atoms with Gasteiger partial charge < -0.3 is 9.47 Å². The second-order valence-corrected chi connectivity index (χ2v) is 8.57. The van der Waals surface area contributed by atoms with Crippen molar-refractivity contribution in [2.45, 2.75) is 79.4 Å². The second-order valence-electron chi connectivity index (χ2n) is 8.57. The largest absolute Gasteiger partial charge is 0.462 e. The molecule has 0 unspecified atom stereocenters. The molecule has 0 aliphatic heterocycles. The number of hydrogen-bond acceptors (Lipinski definition) is 4. The summed E-state index contributed by atoms with van der Waals surface area (Å²) >= 11 is 0. The lowest BCUT2D eigenvalue weighted by Crippen LogP contribution is -2.32. The van der Waals surface area contributed by atoms with Crippen LogP contribution in [0.2, 0.25) is 0 Å². The van der Waals surface area contributed by atoms with Gasteiger partial charge in [0.1, 0.15) is 17.5 Å². The summed E-state index contributed by atoms with van der Waals surface area (Å²) in [6.45, 7) is 14.7. The van der Waals surface area contributed by atoms with E-state index in [1.807, 2.05) is 34.6 Å². The molecular formula is C22H33FO4. The number of esters is 2. The molecule has 0 bridgehead atoms. The van der Waals surface area contributed by atoms with Gasteiger partial charge in [0, 0.05) is 5.92 Å². The molecule has 5 heteroatoms. The zero-order valence-electron chi connectivity index (χ0n) is 17.8. The Morgan fingerprint density at radius 2 is 1.70 bits per heavy atom. The second kappa shape index (κ2) is 9.34. The number of carbonyl (C=O) groups is 2. The van der Waals surface area contributed by atoms with Gasteiger partial charge in [-0.15, -0.1) is 0 Å². The number of ether oxygens (including phenoxy) is 2. The fraction of sp³-hybridized carbons (Fsp3) is 0.636. The molecule has 0 heterocycles. The fourth-order valence-corrected chi connectivity index (χ4v) is 2.93. The quantitative estimate of drug-likeness (QED) is 0.612. The molecule has 152 valence electrons. The van der Waals surface area contributed by atoms with Crippen molar-refractivity contribution in [1.29, 1.82) is 0 Å². The number of carbonyl (C=O) groups excluding carboxylic acids is 2. The van der Waals surface area contributed by atoms with Crippen LogP contribution in [0.25, 0.3) is 0 Å². The molecule has 0 aromatic heterocycles. The van der Waals surface area contributed by atoms with Crippen molar-refractivity contribution in [2.75, 3.05) is 0 Å². The summed E-state index contributed by atoms with van der Waals surface area (Å²) < 4.78 is 24.3. The molecule has 1 aromatic rings. The van der Waals surface area contributed by atoms with Crippen LogP contribution in [0.3, 0.4) is 0 Å². The first-order chi connectivity index (χ1) is 12.3. The van der Waals surface area contributed by atoms with E-state index in [1.165, 1.54) is 12.1 Å². The number of hydrogen-bond donors (Lipinski definition) is 0. The first-order valence-corrected chi connectivity index (χ1v) is 9.50. The van der Waals surface area contributed by atoms with Crippen LogP contribution in [0, 0.1) is 24.6 Å². The van der Waals surface area contributed by atoms with Crippen molar-refractivity contribution in [3.8, 4) is 0 Å². The van der Waals surface area contributed by atoms with Crippen LogP contribution in [0.5, 0.6) is 0 Å². The summed E-state index contributed by atoms with van der Waals surface area (Å²) in [4.78, 5) is 24.8. The van der Waals surface area contributed by atoms with Gasteiger partial charge in [0.05, 0.1) is 12.3 Å². The number of aryl methyl sites for hydroxylation is 1. The summed E-state index contributed by atoms with van der Waals surface area (Å²) in [5, 5.41) is 0. The third-order valence-electron chi connectivity index (χ3n) is 4.64. The molecule has 0 aliphatic carbocycles. The van der Waals surface area contributed by atoms with Crippen LogP contribution in [-0.2, 0) is 19.1 Å². The Hall–Kier alpha value is -1.91. The van der Waals surface area contributed by atoms with Gasteiger partial charge in [-0.05, 0) is 63.8 Å². The SMILES string of the molecule is Cc1cc(F)ccc1[C@@H](C)[C@H](C)OC(=O)[C@@H](CC(=O)OC(C)(C)C)C(C)C. The summed E-state index contributed by atoms with van der Waals surface area (Å²) in [5.41, 5.74) is 1.16. The van der Waals surface area contributed by atoms with Crippen LogP contribution in [-0.4, -0.2) is 23.6 Å². The first-order valence-electron chi connectivity index (χ1n) is 9.50. The third-order valence-corrected chi connectivity index (χ3v) is 4.64. The van der Waals surface area contributed by atoms with E-state index in [-0.39, 0.29) is 24.1 Å². The lowest BCUT2D eigenvalue weighted by Gasteiger charge is -2.27. The lowest BCUT2D eigenvalue weighted by molar-refractivity contribution is -0.165. The average Bonchev–Trinajstić information content (AvgIpc) is 2.49. The Labute approximate surface area is 162 Å². The van der Waals surface area contributed by atoms with Crippen molar-refractivity contribution < 1.29 is 23.5 Å². The van der Waals surface area contributed by atoms with Crippen LogP contribution in [0.15, 0.2) is 18.2 Å². The van der Waals surface area contributed by atoms with Gasteiger partial charge in [0.2, 0.25) is 0 Å². The van der Waals surface area contributed by atoms with E-state index in [9.17, 15) is 14.0 Å². The van der Waals surface area contributed by atoms with Crippen LogP contribution in [0.1, 0.15) is 71.9 Å². The van der Waals surface area contributed by atoms with Crippen molar-refractivity contribution >= 4 is 11.9 Å². The Bertz CT molecular complexity index is 661. The highest BCUT2D eigenvalue weighted by Gasteiger charge is 2.31. The highest BCUT2D eigenvalue weighted by atomic mass is 19.1. The van der Waals surface area contributed by atoms with Gasteiger partial charge in [0.15, 0.2) is 0 Å². The molecule has 3 atom stereocenters. The van der Waals surface area contributed by atoms with Gasteiger partial charge in [-0.25, -0.2) is 4.39 Å². The molecule has 0 fully saturated rings. The molecule has 27 heavy (non-hydrogen) atoms. The molecule has 1 rings (SSSR count). The zero-order valence-corrected chi connectivity index (χ0v) is 17.8. The third kappa shape index (κ3) is 7.31. The maximum Gasteiger partial charge on any atom is 0.310 e. The van der Waals surface area contributed by atoms with Crippen molar-refractivity contribution in [3.63, 3.8) is 0 Å². The Kier molecular flexibility index (Phi) is 8.00. The number of benzene rings is 1. The summed E-state index contributed by atoms with van der Waals surface area (Å²) in [7, 11) is 0. The van der Waals surface area contributed by atoms with Crippen LogP contribution >= 0.6 is 0 Å². The first kappa shape index (κ1) is 23.1. The monoisotopic (exact) mass is 380 g/mol. The topological polar surface area (TPSA) is 52.6 Å². The minimum atomic E-state index is -0.593. The maximum atomic E-state index is 13.3. The van der Waals surface area contributed by atoms with E-state index in [0.29, 0.717) is 0 Å². The van der Waals surface area contributed by atoms with E-state index in [1.54, 1.807) is 26.8 Å². The van der Waals surface area contributed by atoms with E-state index in [4.69, 9.17) is 9.47 Å². The van der Waals surface area contributed by atoms with E-state index >= 15 is 0 Å². The summed E-state index contributed by atoms with van der Waals surface area (Å²) in [6, 6.07) is 4.60. The predicted molar refractivity (Wildman–Crippen MR) is 104 cm³/mol. The fourth-order valence-electron chi connectivity index (χ4n) is 2.93. The number of halogens is 1. The molecular weight excluding hydrogens is 347 g/mol. The minimum Gasteiger partial charge on any atom is -0.462 e. The molecule has 0 saturated carbocycles. The predicted octanol–water partition coefficient (Wildman–Crippen LogP) is 5.17. The van der Waals surface area contributed by atoms with Gasteiger partial charge in [0.25, 0.3) is 0 Å². The maximum absolute atomic E-state index is 13.3. The molecule has 0 saturated heterocycles. The summed E-state index contributed by atoms with van der Waals surface area (Å²) in [5.74, 6) is -1.82. The molecule has 4 nitrogen and oxygen atoms in total. The normalized spacial score (nSPS) is 15.2. The van der Waals surface area contributed by atoms with Crippen molar-refractivity contribution in [2.24, 2.45) is 11.8 Å². The Balaban J connectivity index is 2.81. The summed E-state index contributed by atoms with van der Waals surface area (Å²) in [6.07, 6.45) is -0.411. The number of rotatable bonds is 7. The van der Waals surface area contributed by atoms with E-state index in [0.717, 1.165) is 11.1 Å². The van der Waals surface area contributed by atoms with E-state index in [2.05, 4.69) is 0 Å². The zero-order chi connectivity index (χ0) is 20.9. The lowest BCUT2D eigenvalue weighted by atomic mass is 9.90. The molecule has 0 amide bonds. The Morgan fingerprint density at radius 1 is 1.11 bits per heavy atom.